The molecular formula is C15H30Cl2N4O2. The van der Waals surface area contributed by atoms with Crippen molar-refractivity contribution in [3.63, 3.8) is 0 Å². The van der Waals surface area contributed by atoms with Crippen molar-refractivity contribution in [2.75, 3.05) is 45.8 Å². The van der Waals surface area contributed by atoms with Crippen LogP contribution in [0.4, 0.5) is 0 Å². The van der Waals surface area contributed by atoms with Crippen LogP contribution in [0.2, 0.25) is 0 Å². The van der Waals surface area contributed by atoms with E-state index in [2.05, 4.69) is 10.2 Å². The van der Waals surface area contributed by atoms with E-state index in [1.807, 2.05) is 11.8 Å². The van der Waals surface area contributed by atoms with E-state index in [4.69, 9.17) is 5.73 Å². The third-order valence-electron chi connectivity index (χ3n) is 4.70. The minimum absolute atomic E-state index is 0. The van der Waals surface area contributed by atoms with E-state index in [0.717, 1.165) is 45.4 Å². The van der Waals surface area contributed by atoms with Crippen LogP contribution in [0, 0.1) is 11.8 Å². The number of hydrogen-bond acceptors (Lipinski definition) is 4. The second kappa shape index (κ2) is 11.1. The van der Waals surface area contributed by atoms with Crippen LogP contribution in [-0.2, 0) is 9.59 Å². The highest BCUT2D eigenvalue weighted by molar-refractivity contribution is 5.85. The van der Waals surface area contributed by atoms with Crippen LogP contribution in [0.15, 0.2) is 0 Å². The van der Waals surface area contributed by atoms with Crippen LogP contribution in [0.5, 0.6) is 0 Å². The lowest BCUT2D eigenvalue weighted by Crippen LogP contribution is -2.52. The molecule has 6 nitrogen and oxygen atoms in total. The van der Waals surface area contributed by atoms with E-state index < -0.39 is 0 Å². The quantitative estimate of drug-likeness (QED) is 0.739. The van der Waals surface area contributed by atoms with Gasteiger partial charge >= 0.3 is 0 Å². The highest BCUT2D eigenvalue weighted by Gasteiger charge is 2.35. The van der Waals surface area contributed by atoms with Crippen molar-refractivity contribution >= 4 is 36.6 Å². The summed E-state index contributed by atoms with van der Waals surface area (Å²) in [6.07, 6.45) is 3.19. The topological polar surface area (TPSA) is 78.7 Å². The van der Waals surface area contributed by atoms with Gasteiger partial charge in [0.05, 0.1) is 6.54 Å². The molecule has 1 aliphatic heterocycles. The average Bonchev–Trinajstić information content (AvgIpc) is 2.96. The summed E-state index contributed by atoms with van der Waals surface area (Å²) in [6, 6.07) is 0. The van der Waals surface area contributed by atoms with Gasteiger partial charge in [0.2, 0.25) is 11.8 Å². The molecule has 2 rings (SSSR count). The highest BCUT2D eigenvalue weighted by Crippen LogP contribution is 2.32. The van der Waals surface area contributed by atoms with E-state index in [0.29, 0.717) is 25.6 Å². The fraction of sp³-hybridized carbons (Fsp3) is 0.867. The van der Waals surface area contributed by atoms with Gasteiger partial charge in [-0.1, -0.05) is 6.42 Å². The van der Waals surface area contributed by atoms with Crippen molar-refractivity contribution in [3.8, 4) is 0 Å². The molecule has 0 aromatic carbocycles. The van der Waals surface area contributed by atoms with Crippen LogP contribution >= 0.6 is 24.8 Å². The first kappa shape index (κ1) is 22.4. The smallest absolute Gasteiger partial charge is 0.234 e. The van der Waals surface area contributed by atoms with Crippen molar-refractivity contribution in [3.05, 3.63) is 0 Å². The minimum atomic E-state index is 0. The first-order valence-electron chi connectivity index (χ1n) is 8.13. The Kier molecular flexibility index (Phi) is 10.8. The molecule has 8 heteroatoms. The zero-order valence-corrected chi connectivity index (χ0v) is 15.5. The molecule has 0 spiro atoms. The van der Waals surface area contributed by atoms with Crippen molar-refractivity contribution < 1.29 is 9.59 Å². The second-order valence-corrected chi connectivity index (χ2v) is 6.09. The molecule has 3 N–H and O–H groups in total. The van der Waals surface area contributed by atoms with Crippen LogP contribution in [0.1, 0.15) is 26.2 Å². The summed E-state index contributed by atoms with van der Waals surface area (Å²) in [6.45, 7) is 6.66. The fourth-order valence-electron chi connectivity index (χ4n) is 3.46. The molecule has 2 fully saturated rings. The van der Waals surface area contributed by atoms with Crippen LogP contribution in [-0.4, -0.2) is 67.4 Å². The van der Waals surface area contributed by atoms with E-state index in [1.165, 1.54) is 0 Å². The molecule has 0 unspecified atom stereocenters. The Hall–Kier alpha value is -0.560. The predicted molar refractivity (Wildman–Crippen MR) is 96.1 cm³/mol. The van der Waals surface area contributed by atoms with Gasteiger partial charge in [0.1, 0.15) is 0 Å². The molecule has 2 atom stereocenters. The van der Waals surface area contributed by atoms with Crippen molar-refractivity contribution in [1.29, 1.82) is 0 Å². The maximum absolute atomic E-state index is 12.6. The van der Waals surface area contributed by atoms with Gasteiger partial charge < -0.3 is 16.0 Å². The number of halogens is 2. The number of amides is 2. The van der Waals surface area contributed by atoms with Gasteiger partial charge in [0.25, 0.3) is 0 Å². The molecule has 2 aliphatic rings. The SMILES string of the molecule is CCNC(=O)CN1CCN(C(=O)[C@@H]2CCC[C@@H]2CN)CC1.Cl.Cl. The number of carbonyl (C=O) groups excluding carboxylic acids is 2. The van der Waals surface area contributed by atoms with Gasteiger partial charge in [-0.2, -0.15) is 0 Å². The molecular weight excluding hydrogens is 339 g/mol. The Bertz CT molecular complexity index is 376. The lowest BCUT2D eigenvalue weighted by Gasteiger charge is -2.36. The normalized spacial score (nSPS) is 24.5. The standard InChI is InChI=1S/C15H28N4O2.2ClH/c1-2-17-14(20)11-18-6-8-19(9-7-18)15(21)13-5-3-4-12(13)10-16;;/h12-13H,2-11,16H2,1H3,(H,17,20);2*1H/t12-,13-;;/m1../s1. The molecule has 0 aromatic heterocycles. The van der Waals surface area contributed by atoms with Gasteiger partial charge in [-0.3, -0.25) is 14.5 Å². The Morgan fingerprint density at radius 3 is 2.35 bits per heavy atom. The molecule has 23 heavy (non-hydrogen) atoms. The number of piperazine rings is 1. The number of likely N-dealkylation sites (N-methyl/N-ethyl adjacent to an activating group) is 1. The van der Waals surface area contributed by atoms with Gasteiger partial charge in [0.15, 0.2) is 0 Å². The first-order chi connectivity index (χ1) is 10.2. The monoisotopic (exact) mass is 368 g/mol. The average molecular weight is 369 g/mol. The first-order valence-corrected chi connectivity index (χ1v) is 8.13. The highest BCUT2D eigenvalue weighted by atomic mass is 35.5. The van der Waals surface area contributed by atoms with Crippen LogP contribution < -0.4 is 11.1 Å². The zero-order valence-electron chi connectivity index (χ0n) is 13.8. The summed E-state index contributed by atoms with van der Waals surface area (Å²) < 4.78 is 0. The van der Waals surface area contributed by atoms with E-state index >= 15 is 0 Å². The van der Waals surface area contributed by atoms with Crippen molar-refractivity contribution in [2.45, 2.75) is 26.2 Å². The van der Waals surface area contributed by atoms with Crippen molar-refractivity contribution in [1.82, 2.24) is 15.1 Å². The Morgan fingerprint density at radius 2 is 1.78 bits per heavy atom. The summed E-state index contributed by atoms with van der Waals surface area (Å²) >= 11 is 0. The molecule has 136 valence electrons. The minimum Gasteiger partial charge on any atom is -0.355 e. The number of nitrogens with one attached hydrogen (secondary N) is 1. The molecule has 2 amide bonds. The lowest BCUT2D eigenvalue weighted by molar-refractivity contribution is -0.138. The molecule has 1 saturated heterocycles. The summed E-state index contributed by atoms with van der Waals surface area (Å²) in [5.74, 6) is 0.840. The number of nitrogens with two attached hydrogens (primary N) is 1. The maximum Gasteiger partial charge on any atom is 0.234 e. The zero-order chi connectivity index (χ0) is 15.2. The third kappa shape index (κ3) is 6.10. The molecule has 1 aliphatic carbocycles. The Balaban J connectivity index is 0.00000242. The van der Waals surface area contributed by atoms with Crippen LogP contribution in [0.25, 0.3) is 0 Å². The van der Waals surface area contributed by atoms with Gasteiger partial charge in [-0.05, 0) is 32.2 Å². The van der Waals surface area contributed by atoms with Crippen molar-refractivity contribution in [2.24, 2.45) is 17.6 Å². The van der Waals surface area contributed by atoms with Gasteiger partial charge in [-0.25, -0.2) is 0 Å². The predicted octanol–water partition coefficient (Wildman–Crippen LogP) is 0.485. The Morgan fingerprint density at radius 1 is 1.13 bits per heavy atom. The van der Waals surface area contributed by atoms with Crippen LogP contribution in [0.3, 0.4) is 0 Å². The molecule has 0 aromatic rings. The molecule has 0 radical (unpaired) electrons. The van der Waals surface area contributed by atoms with E-state index in [1.54, 1.807) is 0 Å². The van der Waals surface area contributed by atoms with Gasteiger partial charge in [0, 0.05) is 38.6 Å². The molecule has 1 saturated carbocycles. The van der Waals surface area contributed by atoms with Gasteiger partial charge in [-0.15, -0.1) is 24.8 Å². The number of nitrogens with zero attached hydrogens (tertiary/aromatic N) is 2. The largest absolute Gasteiger partial charge is 0.355 e. The van der Waals surface area contributed by atoms with E-state index in [9.17, 15) is 9.59 Å². The second-order valence-electron chi connectivity index (χ2n) is 6.09. The molecule has 1 heterocycles. The summed E-state index contributed by atoms with van der Waals surface area (Å²) in [5, 5.41) is 2.81. The summed E-state index contributed by atoms with van der Waals surface area (Å²) in [7, 11) is 0. The number of carbonyl (C=O) groups is 2. The maximum atomic E-state index is 12.6. The fourth-order valence-corrected chi connectivity index (χ4v) is 3.46. The summed E-state index contributed by atoms with van der Waals surface area (Å²) in [4.78, 5) is 28.2. The van der Waals surface area contributed by atoms with E-state index in [-0.39, 0.29) is 42.5 Å². The Labute approximate surface area is 151 Å². The third-order valence-corrected chi connectivity index (χ3v) is 4.70. The molecule has 0 bridgehead atoms. The number of hydrogen-bond donors (Lipinski definition) is 2. The lowest BCUT2D eigenvalue weighted by atomic mass is 9.94. The summed E-state index contributed by atoms with van der Waals surface area (Å²) in [5.41, 5.74) is 5.77. The number of rotatable bonds is 5.